The number of hydrazone groups is 1. The molecule has 2 aromatic carbocycles. The van der Waals surface area contributed by atoms with Crippen molar-refractivity contribution in [3.8, 4) is 5.75 Å². The van der Waals surface area contributed by atoms with Crippen LogP contribution in [0, 0.1) is 0 Å². The molecule has 0 aliphatic carbocycles. The Labute approximate surface area is 142 Å². The summed E-state index contributed by atoms with van der Waals surface area (Å²) >= 11 is 0. The fourth-order valence-electron chi connectivity index (χ4n) is 2.19. The zero-order valence-electron chi connectivity index (χ0n) is 14.1. The molecule has 2 rings (SSSR count). The van der Waals surface area contributed by atoms with E-state index >= 15 is 0 Å². The molecule has 0 aliphatic heterocycles. The minimum Gasteiger partial charge on any atom is -0.497 e. The highest BCUT2D eigenvalue weighted by molar-refractivity contribution is 6.01. The van der Waals surface area contributed by atoms with Crippen molar-refractivity contribution in [3.05, 3.63) is 60.2 Å². The standard InChI is InChI=1S/C19H23N3O2/c1-3-7-18(15-8-5-4-6-9-15)21-22-19(23)14-20-16-10-12-17(24-2)13-11-16/h4-6,8-13,20H,3,7,14H2,1-2H3,(H,22,23)/b21-18+. The summed E-state index contributed by atoms with van der Waals surface area (Å²) in [5, 5.41) is 7.33. The van der Waals surface area contributed by atoms with Crippen LogP contribution in [0.2, 0.25) is 0 Å². The molecule has 0 radical (unpaired) electrons. The first kappa shape index (κ1) is 17.5. The first-order chi connectivity index (χ1) is 11.7. The van der Waals surface area contributed by atoms with Gasteiger partial charge in [-0.1, -0.05) is 43.7 Å². The molecule has 0 saturated carbocycles. The van der Waals surface area contributed by atoms with Gasteiger partial charge in [0, 0.05) is 5.69 Å². The highest BCUT2D eigenvalue weighted by Gasteiger charge is 2.04. The summed E-state index contributed by atoms with van der Waals surface area (Å²) in [7, 11) is 1.62. The minimum absolute atomic E-state index is 0.157. The maximum Gasteiger partial charge on any atom is 0.259 e. The molecular weight excluding hydrogens is 302 g/mol. The number of ether oxygens (including phenoxy) is 1. The number of hydrogen-bond donors (Lipinski definition) is 2. The molecule has 0 spiro atoms. The summed E-state index contributed by atoms with van der Waals surface area (Å²) in [4.78, 5) is 12.0. The van der Waals surface area contributed by atoms with E-state index in [0.717, 1.165) is 35.6 Å². The molecule has 0 aliphatic rings. The van der Waals surface area contributed by atoms with E-state index < -0.39 is 0 Å². The van der Waals surface area contributed by atoms with Crippen molar-refractivity contribution < 1.29 is 9.53 Å². The Balaban J connectivity index is 1.89. The molecule has 24 heavy (non-hydrogen) atoms. The number of benzene rings is 2. The predicted octanol–water partition coefficient (Wildman–Crippen LogP) is 3.43. The number of carbonyl (C=O) groups excluding carboxylic acids is 1. The second-order valence-electron chi connectivity index (χ2n) is 5.29. The largest absolute Gasteiger partial charge is 0.497 e. The Bertz CT molecular complexity index is 667. The van der Waals surface area contributed by atoms with Gasteiger partial charge in [-0.15, -0.1) is 0 Å². The van der Waals surface area contributed by atoms with Crippen molar-refractivity contribution in [2.45, 2.75) is 19.8 Å². The van der Waals surface area contributed by atoms with Crippen LogP contribution in [-0.4, -0.2) is 25.3 Å². The third-order valence-electron chi connectivity index (χ3n) is 3.45. The van der Waals surface area contributed by atoms with Crippen molar-refractivity contribution in [1.82, 2.24) is 5.43 Å². The number of anilines is 1. The normalized spacial score (nSPS) is 11.0. The molecule has 5 heteroatoms. The lowest BCUT2D eigenvalue weighted by Gasteiger charge is -2.08. The Kier molecular flexibility index (Phi) is 6.83. The summed E-state index contributed by atoms with van der Waals surface area (Å²) in [6, 6.07) is 17.3. The maximum absolute atomic E-state index is 12.0. The Morgan fingerprint density at radius 1 is 1.08 bits per heavy atom. The molecule has 0 atom stereocenters. The van der Waals surface area contributed by atoms with E-state index in [1.165, 1.54) is 0 Å². The van der Waals surface area contributed by atoms with Crippen molar-refractivity contribution >= 4 is 17.3 Å². The van der Waals surface area contributed by atoms with E-state index in [2.05, 4.69) is 22.8 Å². The van der Waals surface area contributed by atoms with Gasteiger partial charge in [-0.25, -0.2) is 5.43 Å². The number of amides is 1. The summed E-state index contributed by atoms with van der Waals surface area (Å²) < 4.78 is 5.10. The van der Waals surface area contributed by atoms with Gasteiger partial charge in [0.1, 0.15) is 5.75 Å². The minimum atomic E-state index is -0.185. The van der Waals surface area contributed by atoms with Crippen LogP contribution >= 0.6 is 0 Å². The van der Waals surface area contributed by atoms with Crippen molar-refractivity contribution in [3.63, 3.8) is 0 Å². The van der Waals surface area contributed by atoms with Gasteiger partial charge in [0.15, 0.2) is 0 Å². The third kappa shape index (κ3) is 5.43. The Hall–Kier alpha value is -2.82. The van der Waals surface area contributed by atoms with E-state index in [-0.39, 0.29) is 12.5 Å². The summed E-state index contributed by atoms with van der Waals surface area (Å²) in [5.41, 5.74) is 5.39. The molecule has 5 nitrogen and oxygen atoms in total. The van der Waals surface area contributed by atoms with E-state index in [4.69, 9.17) is 4.74 Å². The fourth-order valence-corrected chi connectivity index (χ4v) is 2.19. The number of nitrogens with zero attached hydrogens (tertiary/aromatic N) is 1. The predicted molar refractivity (Wildman–Crippen MR) is 97.5 cm³/mol. The van der Waals surface area contributed by atoms with Crippen LogP contribution in [0.3, 0.4) is 0 Å². The highest BCUT2D eigenvalue weighted by Crippen LogP contribution is 2.14. The summed E-state index contributed by atoms with van der Waals surface area (Å²) in [6.07, 6.45) is 1.78. The van der Waals surface area contributed by atoms with Gasteiger partial charge < -0.3 is 10.1 Å². The van der Waals surface area contributed by atoms with Gasteiger partial charge in [-0.3, -0.25) is 4.79 Å². The smallest absolute Gasteiger partial charge is 0.259 e. The number of methoxy groups -OCH3 is 1. The number of carbonyl (C=O) groups is 1. The molecular formula is C19H23N3O2. The molecule has 0 heterocycles. The lowest BCUT2D eigenvalue weighted by atomic mass is 10.1. The van der Waals surface area contributed by atoms with Gasteiger partial charge in [-0.05, 0) is 36.2 Å². The van der Waals surface area contributed by atoms with E-state index in [0.29, 0.717) is 0 Å². The number of hydrogen-bond acceptors (Lipinski definition) is 4. The van der Waals surface area contributed by atoms with Crippen LogP contribution in [0.15, 0.2) is 59.7 Å². The molecule has 0 bridgehead atoms. The average Bonchev–Trinajstić information content (AvgIpc) is 2.64. The fraction of sp³-hybridized carbons (Fsp3) is 0.263. The Morgan fingerprint density at radius 3 is 2.42 bits per heavy atom. The zero-order valence-corrected chi connectivity index (χ0v) is 14.1. The summed E-state index contributed by atoms with van der Waals surface area (Å²) in [5.74, 6) is 0.594. The third-order valence-corrected chi connectivity index (χ3v) is 3.45. The highest BCUT2D eigenvalue weighted by atomic mass is 16.5. The Morgan fingerprint density at radius 2 is 1.79 bits per heavy atom. The second kappa shape index (κ2) is 9.35. The molecule has 1 amide bonds. The maximum atomic E-state index is 12.0. The first-order valence-corrected chi connectivity index (χ1v) is 8.01. The summed E-state index contributed by atoms with van der Waals surface area (Å²) in [6.45, 7) is 2.25. The number of rotatable bonds is 8. The second-order valence-corrected chi connectivity index (χ2v) is 5.29. The molecule has 126 valence electrons. The van der Waals surface area contributed by atoms with Crippen LogP contribution in [0.25, 0.3) is 0 Å². The lowest BCUT2D eigenvalue weighted by molar-refractivity contribution is -0.119. The monoisotopic (exact) mass is 325 g/mol. The van der Waals surface area contributed by atoms with Crippen molar-refractivity contribution in [2.24, 2.45) is 5.10 Å². The van der Waals surface area contributed by atoms with Gasteiger partial charge in [0.25, 0.3) is 5.91 Å². The average molecular weight is 325 g/mol. The van der Waals surface area contributed by atoms with Crippen LogP contribution in [0.5, 0.6) is 5.75 Å². The van der Waals surface area contributed by atoms with Gasteiger partial charge in [0.2, 0.25) is 0 Å². The van der Waals surface area contributed by atoms with Crippen LogP contribution in [0.4, 0.5) is 5.69 Å². The van der Waals surface area contributed by atoms with Crippen LogP contribution in [-0.2, 0) is 4.79 Å². The van der Waals surface area contributed by atoms with Crippen molar-refractivity contribution in [2.75, 3.05) is 19.0 Å². The lowest BCUT2D eigenvalue weighted by Crippen LogP contribution is -2.27. The number of nitrogens with one attached hydrogen (secondary N) is 2. The molecule has 2 N–H and O–H groups in total. The topological polar surface area (TPSA) is 62.7 Å². The molecule has 0 aromatic heterocycles. The molecule has 0 saturated heterocycles. The van der Waals surface area contributed by atoms with E-state index in [1.54, 1.807) is 7.11 Å². The zero-order chi connectivity index (χ0) is 17.2. The molecule has 0 fully saturated rings. The quantitative estimate of drug-likeness (QED) is 0.577. The van der Waals surface area contributed by atoms with Gasteiger partial charge in [0.05, 0.1) is 19.4 Å². The van der Waals surface area contributed by atoms with Crippen molar-refractivity contribution in [1.29, 1.82) is 0 Å². The van der Waals surface area contributed by atoms with Gasteiger partial charge in [-0.2, -0.15) is 5.10 Å². The van der Waals surface area contributed by atoms with E-state index in [9.17, 15) is 4.79 Å². The first-order valence-electron chi connectivity index (χ1n) is 8.01. The van der Waals surface area contributed by atoms with Gasteiger partial charge >= 0.3 is 0 Å². The van der Waals surface area contributed by atoms with Crippen LogP contribution < -0.4 is 15.5 Å². The molecule has 0 unspecified atom stereocenters. The SMILES string of the molecule is CCC/C(=N\NC(=O)CNc1ccc(OC)cc1)c1ccccc1. The molecule has 2 aromatic rings. The van der Waals surface area contributed by atoms with E-state index in [1.807, 2.05) is 54.6 Å². The van der Waals surface area contributed by atoms with Crippen LogP contribution in [0.1, 0.15) is 25.3 Å².